The maximum Gasteiger partial charge on any atom is 4.00 e. The predicted molar refractivity (Wildman–Crippen MR) is 37.2 cm³/mol. The molecule has 0 spiro atoms. The molecule has 74 valence electrons. The van der Waals surface area contributed by atoms with Gasteiger partial charge in [0.25, 0.3) is 0 Å². The minimum atomic E-state index is 0. The summed E-state index contributed by atoms with van der Waals surface area (Å²) < 4.78 is 0. The van der Waals surface area contributed by atoms with Crippen molar-refractivity contribution in [3.63, 3.8) is 0 Å². The first kappa shape index (κ1) is 37.0. The van der Waals surface area contributed by atoms with Gasteiger partial charge < -0.3 is 49.6 Å². The SMILES string of the molecule is CCB(CC)CC.[Cl-].[Cl-].[Cl-].[Cl-].[Ti+4]. The molecule has 0 aliphatic rings. The van der Waals surface area contributed by atoms with Crippen molar-refractivity contribution in [3.05, 3.63) is 0 Å². The average molecular weight is 288 g/mol. The molecule has 0 heterocycles. The van der Waals surface area contributed by atoms with Gasteiger partial charge in [0.15, 0.2) is 0 Å². The molecule has 0 aromatic carbocycles. The normalized spacial score (nSPS) is 5.25. The van der Waals surface area contributed by atoms with Crippen molar-refractivity contribution < 1.29 is 71.3 Å². The molecule has 0 aromatic heterocycles. The third-order valence-corrected chi connectivity index (χ3v) is 1.73. The monoisotopic (exact) mass is 286 g/mol. The fourth-order valence-electron chi connectivity index (χ4n) is 0.866. The summed E-state index contributed by atoms with van der Waals surface area (Å²) in [6, 6.07) is 0. The van der Waals surface area contributed by atoms with Crippen LogP contribution in [0.3, 0.4) is 0 Å². The maximum atomic E-state index is 2.26. The smallest absolute Gasteiger partial charge is 1.00 e. The number of hydrogen-bond acceptors (Lipinski definition) is 0. The summed E-state index contributed by atoms with van der Waals surface area (Å²) in [7, 11) is 0. The largest absolute Gasteiger partial charge is 4.00 e. The quantitative estimate of drug-likeness (QED) is 0.453. The van der Waals surface area contributed by atoms with Crippen molar-refractivity contribution in [2.75, 3.05) is 0 Å². The van der Waals surface area contributed by atoms with E-state index in [1.807, 2.05) is 0 Å². The molecule has 0 saturated heterocycles. The van der Waals surface area contributed by atoms with E-state index in [1.54, 1.807) is 0 Å². The van der Waals surface area contributed by atoms with E-state index >= 15 is 0 Å². The van der Waals surface area contributed by atoms with Crippen LogP contribution in [0.4, 0.5) is 0 Å². The van der Waals surface area contributed by atoms with Crippen molar-refractivity contribution in [2.24, 2.45) is 0 Å². The summed E-state index contributed by atoms with van der Waals surface area (Å²) in [6.07, 6.45) is 4.06. The van der Waals surface area contributed by atoms with E-state index in [1.165, 1.54) is 19.0 Å². The van der Waals surface area contributed by atoms with Crippen molar-refractivity contribution in [2.45, 2.75) is 39.7 Å². The second-order valence-electron chi connectivity index (χ2n) is 2.09. The summed E-state index contributed by atoms with van der Waals surface area (Å²) in [5.74, 6) is 0. The molecule has 0 rings (SSSR count). The summed E-state index contributed by atoms with van der Waals surface area (Å²) in [6.45, 7) is 7.77. The van der Waals surface area contributed by atoms with Crippen LogP contribution in [0.5, 0.6) is 0 Å². The Morgan fingerprint density at radius 2 is 0.833 bits per heavy atom. The Kier molecular flexibility index (Phi) is 90.3. The van der Waals surface area contributed by atoms with E-state index in [4.69, 9.17) is 0 Å². The first-order valence-electron chi connectivity index (χ1n) is 3.35. The third-order valence-electron chi connectivity index (χ3n) is 1.73. The Morgan fingerprint density at radius 1 is 0.667 bits per heavy atom. The van der Waals surface area contributed by atoms with Crippen molar-refractivity contribution in [3.8, 4) is 0 Å². The Morgan fingerprint density at radius 3 is 0.833 bits per heavy atom. The third kappa shape index (κ3) is 22.7. The zero-order valence-electron chi connectivity index (χ0n) is 7.71. The van der Waals surface area contributed by atoms with Gasteiger partial charge >= 0.3 is 21.7 Å². The number of hydrogen-bond donors (Lipinski definition) is 0. The standard InChI is InChI=1S/C6H15B.4ClH.Ti/c1-4-7(5-2)6-3;;;;;/h4-6H2,1-3H3;4*1H;/q;;;;;+4/p-4. The number of halogens is 4. The molecule has 0 bridgehead atoms. The first-order chi connectivity index (χ1) is 3.35. The summed E-state index contributed by atoms with van der Waals surface area (Å²) in [5, 5.41) is 0. The van der Waals surface area contributed by atoms with Gasteiger partial charge in [0.05, 0.1) is 0 Å². The van der Waals surface area contributed by atoms with E-state index in [0.717, 1.165) is 6.71 Å². The van der Waals surface area contributed by atoms with Gasteiger partial charge in [0.2, 0.25) is 0 Å². The Labute approximate surface area is 117 Å². The van der Waals surface area contributed by atoms with E-state index in [0.29, 0.717) is 0 Å². The van der Waals surface area contributed by atoms with Crippen LogP contribution in [0.1, 0.15) is 20.8 Å². The second-order valence-corrected chi connectivity index (χ2v) is 2.09. The van der Waals surface area contributed by atoms with Gasteiger partial charge in [0, 0.05) is 0 Å². The molecule has 0 saturated carbocycles. The van der Waals surface area contributed by atoms with Crippen LogP contribution in [0.25, 0.3) is 0 Å². The molecule has 0 aliphatic heterocycles. The van der Waals surface area contributed by atoms with E-state index in [9.17, 15) is 0 Å². The van der Waals surface area contributed by atoms with Crippen LogP contribution < -0.4 is 49.6 Å². The minimum Gasteiger partial charge on any atom is -1.00 e. The molecular weight excluding hydrogens is 273 g/mol. The average Bonchev–Trinajstić information content (AvgIpc) is 1.72. The molecule has 0 nitrogen and oxygen atoms in total. The summed E-state index contributed by atoms with van der Waals surface area (Å²) in [5.41, 5.74) is 0. The van der Waals surface area contributed by atoms with Crippen molar-refractivity contribution in [1.82, 2.24) is 0 Å². The van der Waals surface area contributed by atoms with E-state index in [-0.39, 0.29) is 71.3 Å². The molecule has 0 unspecified atom stereocenters. The van der Waals surface area contributed by atoms with Crippen LogP contribution in [0, 0.1) is 0 Å². The molecule has 0 radical (unpaired) electrons. The molecule has 0 aromatic rings. The number of rotatable bonds is 3. The molecule has 0 atom stereocenters. The molecule has 12 heavy (non-hydrogen) atoms. The molecule has 0 N–H and O–H groups in total. The second kappa shape index (κ2) is 29.3. The van der Waals surface area contributed by atoms with Crippen LogP contribution in [0.15, 0.2) is 0 Å². The van der Waals surface area contributed by atoms with Gasteiger partial charge in [-0.15, -0.1) is 0 Å². The fraction of sp³-hybridized carbons (Fsp3) is 1.00. The van der Waals surface area contributed by atoms with Gasteiger partial charge in [-0.2, -0.15) is 0 Å². The van der Waals surface area contributed by atoms with E-state index < -0.39 is 0 Å². The first-order valence-corrected chi connectivity index (χ1v) is 3.35. The van der Waals surface area contributed by atoms with Crippen LogP contribution in [-0.2, 0) is 21.7 Å². The van der Waals surface area contributed by atoms with E-state index in [2.05, 4.69) is 20.8 Å². The van der Waals surface area contributed by atoms with Gasteiger partial charge in [-0.1, -0.05) is 39.7 Å². The van der Waals surface area contributed by atoms with Crippen molar-refractivity contribution in [1.29, 1.82) is 0 Å². The van der Waals surface area contributed by atoms with Gasteiger partial charge in [0.1, 0.15) is 6.71 Å². The minimum absolute atomic E-state index is 0. The van der Waals surface area contributed by atoms with Crippen LogP contribution in [-0.4, -0.2) is 6.71 Å². The molecule has 0 fully saturated rings. The Hall–Kier alpha value is 1.94. The van der Waals surface area contributed by atoms with Gasteiger partial charge in [-0.25, -0.2) is 0 Å². The molecular formula is C6H15BCl4Ti. The fourth-order valence-corrected chi connectivity index (χ4v) is 0.866. The van der Waals surface area contributed by atoms with Crippen LogP contribution in [0.2, 0.25) is 19.0 Å². The summed E-state index contributed by atoms with van der Waals surface area (Å²) in [4.78, 5) is 0. The predicted octanol–water partition coefficient (Wildman–Crippen LogP) is -9.45. The van der Waals surface area contributed by atoms with Crippen LogP contribution >= 0.6 is 0 Å². The maximum absolute atomic E-state index is 2.26. The molecule has 6 heteroatoms. The topological polar surface area (TPSA) is 0 Å². The van der Waals surface area contributed by atoms with Crippen molar-refractivity contribution >= 4 is 6.71 Å². The summed E-state index contributed by atoms with van der Waals surface area (Å²) >= 11 is 0. The van der Waals surface area contributed by atoms with Gasteiger partial charge in [-0.3, -0.25) is 0 Å². The van der Waals surface area contributed by atoms with Gasteiger partial charge in [-0.05, 0) is 0 Å². The molecule has 0 aliphatic carbocycles. The Bertz CT molecular complexity index is 41.0. The zero-order valence-corrected chi connectivity index (χ0v) is 12.3. The Balaban J connectivity index is -0.0000000180. The molecule has 0 amide bonds. The zero-order chi connectivity index (χ0) is 5.70.